The van der Waals surface area contributed by atoms with Crippen molar-refractivity contribution < 1.29 is 13.2 Å². The fourth-order valence-electron chi connectivity index (χ4n) is 3.25. The van der Waals surface area contributed by atoms with Crippen molar-refractivity contribution in [3.05, 3.63) is 58.1 Å². The van der Waals surface area contributed by atoms with Gasteiger partial charge in [-0.1, -0.05) is 28.1 Å². The van der Waals surface area contributed by atoms with Crippen molar-refractivity contribution in [2.75, 3.05) is 22.5 Å². The number of carbonyl (C=O) groups is 1. The Labute approximate surface area is 162 Å². The molecule has 0 fully saturated rings. The summed E-state index contributed by atoms with van der Waals surface area (Å²) in [5, 5.41) is 0. The predicted octanol–water partition coefficient (Wildman–Crippen LogP) is 3.37. The van der Waals surface area contributed by atoms with Crippen LogP contribution in [0, 0.1) is 0 Å². The molecule has 26 heavy (non-hydrogen) atoms. The highest BCUT2D eigenvalue weighted by atomic mass is 79.9. The summed E-state index contributed by atoms with van der Waals surface area (Å²) >= 11 is 3.48. The molecule has 5 nitrogen and oxygen atoms in total. The minimum Gasteiger partial charge on any atom is -0.309 e. The second kappa shape index (κ2) is 7.04. The molecule has 0 spiro atoms. The number of carbonyl (C=O) groups excluding carboxylic acids is 1. The van der Waals surface area contributed by atoms with E-state index >= 15 is 0 Å². The van der Waals surface area contributed by atoms with E-state index in [-0.39, 0.29) is 18.4 Å². The van der Waals surface area contributed by atoms with Crippen LogP contribution < -0.4 is 9.21 Å². The lowest BCUT2D eigenvalue weighted by Gasteiger charge is -2.23. The molecule has 0 aromatic heterocycles. The maximum absolute atomic E-state index is 12.9. The lowest BCUT2D eigenvalue weighted by atomic mass is 10.1. The Bertz CT molecular complexity index is 942. The van der Waals surface area contributed by atoms with Crippen molar-refractivity contribution in [3.8, 4) is 0 Å². The molecule has 0 unspecified atom stereocenters. The Morgan fingerprint density at radius 2 is 1.88 bits per heavy atom. The molecule has 0 saturated heterocycles. The first-order chi connectivity index (χ1) is 12.2. The zero-order valence-corrected chi connectivity index (χ0v) is 17.3. The van der Waals surface area contributed by atoms with Crippen LogP contribution in [-0.4, -0.2) is 33.7 Å². The molecule has 1 aliphatic heterocycles. The van der Waals surface area contributed by atoms with E-state index in [0.717, 1.165) is 28.4 Å². The molecule has 7 heteroatoms. The Hall–Kier alpha value is -1.86. The zero-order valence-electron chi connectivity index (χ0n) is 14.9. The van der Waals surface area contributed by atoms with Crippen LogP contribution in [0.3, 0.4) is 0 Å². The zero-order chi connectivity index (χ0) is 19.1. The standard InChI is InChI=1S/C19H21BrN2O3S/c1-13-10-15-12-16(20)6-9-18(15)22(13)19(23)11-14-4-7-17(8-5-14)21(2)26(3,24)25/h4-9,12-13H,10-11H2,1-3H3/t13-/m0/s1. The highest BCUT2D eigenvalue weighted by molar-refractivity contribution is 9.10. The summed E-state index contributed by atoms with van der Waals surface area (Å²) in [4.78, 5) is 14.7. The van der Waals surface area contributed by atoms with Gasteiger partial charge in [-0.15, -0.1) is 0 Å². The summed E-state index contributed by atoms with van der Waals surface area (Å²) in [6.07, 6.45) is 2.29. The van der Waals surface area contributed by atoms with Crippen molar-refractivity contribution in [3.63, 3.8) is 0 Å². The predicted molar refractivity (Wildman–Crippen MR) is 108 cm³/mol. The Morgan fingerprint density at radius 1 is 1.23 bits per heavy atom. The van der Waals surface area contributed by atoms with Gasteiger partial charge >= 0.3 is 0 Å². The summed E-state index contributed by atoms with van der Waals surface area (Å²) in [6.45, 7) is 2.05. The van der Waals surface area contributed by atoms with E-state index < -0.39 is 10.0 Å². The van der Waals surface area contributed by atoms with E-state index in [4.69, 9.17) is 0 Å². The topological polar surface area (TPSA) is 57.7 Å². The summed E-state index contributed by atoms with van der Waals surface area (Å²) in [7, 11) is -1.78. The van der Waals surface area contributed by atoms with Crippen molar-refractivity contribution in [2.24, 2.45) is 0 Å². The third-order valence-electron chi connectivity index (χ3n) is 4.68. The first-order valence-electron chi connectivity index (χ1n) is 8.30. The van der Waals surface area contributed by atoms with Crippen LogP contribution in [0.4, 0.5) is 11.4 Å². The van der Waals surface area contributed by atoms with E-state index in [2.05, 4.69) is 28.9 Å². The van der Waals surface area contributed by atoms with Crippen molar-refractivity contribution in [1.29, 1.82) is 0 Å². The highest BCUT2D eigenvalue weighted by Crippen LogP contribution is 2.34. The van der Waals surface area contributed by atoms with Crippen LogP contribution in [0.5, 0.6) is 0 Å². The SMILES string of the molecule is C[C@H]1Cc2cc(Br)ccc2N1C(=O)Cc1ccc(N(C)S(C)(=O)=O)cc1. The van der Waals surface area contributed by atoms with Gasteiger partial charge in [0.25, 0.3) is 0 Å². The number of amides is 1. The van der Waals surface area contributed by atoms with Crippen LogP contribution in [0.25, 0.3) is 0 Å². The maximum atomic E-state index is 12.9. The number of nitrogens with zero attached hydrogens (tertiary/aromatic N) is 2. The average molecular weight is 437 g/mol. The second-order valence-corrected chi connectivity index (χ2v) is 9.59. The van der Waals surface area contributed by atoms with Gasteiger partial charge in [0.15, 0.2) is 0 Å². The molecule has 1 atom stereocenters. The van der Waals surface area contributed by atoms with E-state index in [9.17, 15) is 13.2 Å². The van der Waals surface area contributed by atoms with Gasteiger partial charge < -0.3 is 4.90 Å². The number of anilines is 2. The lowest BCUT2D eigenvalue weighted by Crippen LogP contribution is -2.36. The third kappa shape index (κ3) is 3.78. The Kier molecular flexibility index (Phi) is 5.12. The van der Waals surface area contributed by atoms with Crippen molar-refractivity contribution in [1.82, 2.24) is 0 Å². The van der Waals surface area contributed by atoms with Crippen molar-refractivity contribution in [2.45, 2.75) is 25.8 Å². The van der Waals surface area contributed by atoms with Gasteiger partial charge in [0, 0.05) is 23.2 Å². The minimum absolute atomic E-state index is 0.0443. The van der Waals surface area contributed by atoms with Crippen molar-refractivity contribution >= 4 is 43.2 Å². The molecular weight excluding hydrogens is 416 g/mol. The average Bonchev–Trinajstić information content (AvgIpc) is 2.89. The van der Waals surface area contributed by atoms with Crippen LogP contribution >= 0.6 is 15.9 Å². The number of rotatable bonds is 4. The second-order valence-electron chi connectivity index (χ2n) is 6.66. The fourth-order valence-corrected chi connectivity index (χ4v) is 4.17. The van der Waals surface area contributed by atoms with Gasteiger partial charge in [0.05, 0.1) is 18.4 Å². The van der Waals surface area contributed by atoms with E-state index in [1.165, 1.54) is 16.9 Å². The molecule has 1 heterocycles. The molecule has 2 aromatic rings. The molecule has 2 aromatic carbocycles. The molecule has 0 N–H and O–H groups in total. The first kappa shape index (κ1) is 18.9. The molecule has 1 amide bonds. The number of benzene rings is 2. The fraction of sp³-hybridized carbons (Fsp3) is 0.316. The third-order valence-corrected chi connectivity index (χ3v) is 6.38. The number of hydrogen-bond acceptors (Lipinski definition) is 3. The first-order valence-corrected chi connectivity index (χ1v) is 10.9. The van der Waals surface area contributed by atoms with Gasteiger partial charge in [0.2, 0.25) is 15.9 Å². The summed E-state index contributed by atoms with van der Waals surface area (Å²) in [6, 6.07) is 13.2. The van der Waals surface area contributed by atoms with Crippen LogP contribution in [-0.2, 0) is 27.7 Å². The van der Waals surface area contributed by atoms with Gasteiger partial charge in [-0.05, 0) is 54.8 Å². The van der Waals surface area contributed by atoms with Crippen LogP contribution in [0.2, 0.25) is 0 Å². The van der Waals surface area contributed by atoms with Gasteiger partial charge in [-0.3, -0.25) is 9.10 Å². The molecule has 0 radical (unpaired) electrons. The molecule has 0 aliphatic carbocycles. The van der Waals surface area contributed by atoms with E-state index in [1.807, 2.05) is 17.0 Å². The maximum Gasteiger partial charge on any atom is 0.231 e. The number of sulfonamides is 1. The summed E-state index contributed by atoms with van der Waals surface area (Å²) in [5.41, 5.74) is 3.58. The molecule has 0 saturated carbocycles. The normalized spacial score (nSPS) is 16.5. The summed E-state index contributed by atoms with van der Waals surface area (Å²) in [5.74, 6) is 0.0443. The minimum atomic E-state index is -3.29. The Balaban J connectivity index is 1.77. The smallest absolute Gasteiger partial charge is 0.231 e. The Morgan fingerprint density at radius 3 is 2.50 bits per heavy atom. The van der Waals surface area contributed by atoms with Gasteiger partial charge in [-0.2, -0.15) is 0 Å². The lowest BCUT2D eigenvalue weighted by molar-refractivity contribution is -0.118. The quantitative estimate of drug-likeness (QED) is 0.737. The monoisotopic (exact) mass is 436 g/mol. The van der Waals surface area contributed by atoms with E-state index in [0.29, 0.717) is 5.69 Å². The van der Waals surface area contributed by atoms with Crippen LogP contribution in [0.15, 0.2) is 46.9 Å². The molecule has 0 bridgehead atoms. The highest BCUT2D eigenvalue weighted by Gasteiger charge is 2.30. The number of halogens is 1. The van der Waals surface area contributed by atoms with Crippen LogP contribution in [0.1, 0.15) is 18.1 Å². The van der Waals surface area contributed by atoms with E-state index in [1.54, 1.807) is 24.3 Å². The molecule has 138 valence electrons. The largest absolute Gasteiger partial charge is 0.309 e. The van der Waals surface area contributed by atoms with Gasteiger partial charge in [-0.25, -0.2) is 8.42 Å². The molecule has 1 aliphatic rings. The summed E-state index contributed by atoms with van der Waals surface area (Å²) < 4.78 is 25.4. The number of hydrogen-bond donors (Lipinski definition) is 0. The molecule has 3 rings (SSSR count). The van der Waals surface area contributed by atoms with Gasteiger partial charge in [0.1, 0.15) is 0 Å². The molecular formula is C19H21BrN2O3S. The number of fused-ring (bicyclic) bond motifs is 1.